The third-order valence-electron chi connectivity index (χ3n) is 4.24. The van der Waals surface area contributed by atoms with Gasteiger partial charge in [-0.05, 0) is 48.5 Å². The Kier molecular flexibility index (Phi) is 6.61. The van der Waals surface area contributed by atoms with Crippen LogP contribution in [0.3, 0.4) is 0 Å². The van der Waals surface area contributed by atoms with Crippen LogP contribution < -0.4 is 14.8 Å². The first-order valence-corrected chi connectivity index (χ1v) is 10.7. The number of halogens is 2. The number of nitro groups is 1. The molecule has 3 rings (SSSR count). The Labute approximate surface area is 187 Å². The Morgan fingerprint density at radius 1 is 1.09 bits per heavy atom. The largest absolute Gasteiger partial charge is 0.495 e. The fraction of sp³-hybridized carbons (Fsp3) is 0.0500. The lowest BCUT2D eigenvalue weighted by Gasteiger charge is -2.12. The van der Waals surface area contributed by atoms with Gasteiger partial charge in [0.15, 0.2) is 0 Å². The lowest BCUT2D eigenvalue weighted by Crippen LogP contribution is -2.15. The Balaban J connectivity index is 1.80. The molecular weight excluding hydrogens is 465 g/mol. The van der Waals surface area contributed by atoms with Gasteiger partial charge in [-0.1, -0.05) is 11.6 Å². The van der Waals surface area contributed by atoms with Gasteiger partial charge in [0.25, 0.3) is 21.6 Å². The van der Waals surface area contributed by atoms with E-state index in [1.165, 1.54) is 55.6 Å². The number of nitrogens with zero attached hydrogens (tertiary/aromatic N) is 1. The van der Waals surface area contributed by atoms with Crippen molar-refractivity contribution in [1.82, 2.24) is 0 Å². The monoisotopic (exact) mass is 479 g/mol. The van der Waals surface area contributed by atoms with E-state index in [9.17, 15) is 27.7 Å². The summed E-state index contributed by atoms with van der Waals surface area (Å²) >= 11 is 5.68. The van der Waals surface area contributed by atoms with Crippen LogP contribution in [-0.2, 0) is 10.0 Å². The fourth-order valence-corrected chi connectivity index (χ4v) is 3.90. The molecule has 0 heterocycles. The lowest BCUT2D eigenvalue weighted by molar-refractivity contribution is -0.384. The van der Waals surface area contributed by atoms with E-state index in [4.69, 9.17) is 16.3 Å². The second-order valence-corrected chi connectivity index (χ2v) is 8.44. The first-order valence-electron chi connectivity index (χ1n) is 8.82. The predicted molar refractivity (Wildman–Crippen MR) is 116 cm³/mol. The van der Waals surface area contributed by atoms with Crippen molar-refractivity contribution >= 4 is 44.6 Å². The van der Waals surface area contributed by atoms with Crippen LogP contribution in [0.2, 0.25) is 5.02 Å². The Bertz CT molecular complexity index is 1300. The SMILES string of the molecule is COc1ccc([N+](=O)[O-])cc1NS(=O)(=O)c1ccc(C(=O)Nc2ccc(F)c(Cl)c2)cc1. The average Bonchev–Trinajstić information content (AvgIpc) is 2.76. The fourth-order valence-electron chi connectivity index (χ4n) is 2.66. The van der Waals surface area contributed by atoms with Crippen molar-refractivity contribution in [2.75, 3.05) is 17.1 Å². The summed E-state index contributed by atoms with van der Waals surface area (Å²) in [6, 6.07) is 12.1. The molecule has 3 aromatic carbocycles. The van der Waals surface area contributed by atoms with Gasteiger partial charge in [-0.15, -0.1) is 0 Å². The summed E-state index contributed by atoms with van der Waals surface area (Å²) in [5.41, 5.74) is -0.0389. The molecule has 0 saturated carbocycles. The van der Waals surface area contributed by atoms with E-state index >= 15 is 0 Å². The van der Waals surface area contributed by atoms with Crippen molar-refractivity contribution < 1.29 is 27.3 Å². The quantitative estimate of drug-likeness (QED) is 0.380. The van der Waals surface area contributed by atoms with Gasteiger partial charge >= 0.3 is 0 Å². The van der Waals surface area contributed by atoms with Gasteiger partial charge in [-0.2, -0.15) is 0 Å². The molecule has 0 radical (unpaired) electrons. The van der Waals surface area contributed by atoms with Gasteiger partial charge in [0.2, 0.25) is 0 Å². The summed E-state index contributed by atoms with van der Waals surface area (Å²) in [5.74, 6) is -1.11. The number of rotatable bonds is 7. The number of methoxy groups -OCH3 is 1. The number of sulfonamides is 1. The minimum Gasteiger partial charge on any atom is -0.495 e. The van der Waals surface area contributed by atoms with E-state index in [0.717, 1.165) is 12.1 Å². The number of amides is 1. The van der Waals surface area contributed by atoms with E-state index in [2.05, 4.69) is 10.0 Å². The third-order valence-corrected chi connectivity index (χ3v) is 5.91. The zero-order valence-corrected chi connectivity index (χ0v) is 17.9. The van der Waals surface area contributed by atoms with Crippen LogP contribution in [0.1, 0.15) is 10.4 Å². The first-order chi connectivity index (χ1) is 15.1. The second kappa shape index (κ2) is 9.20. The average molecular weight is 480 g/mol. The number of nitrogens with one attached hydrogen (secondary N) is 2. The van der Waals surface area contributed by atoms with Crippen LogP contribution in [0.15, 0.2) is 65.6 Å². The van der Waals surface area contributed by atoms with Gasteiger partial charge < -0.3 is 10.1 Å². The molecule has 3 aromatic rings. The smallest absolute Gasteiger partial charge is 0.271 e. The van der Waals surface area contributed by atoms with Crippen LogP contribution in [0.5, 0.6) is 5.75 Å². The summed E-state index contributed by atoms with van der Waals surface area (Å²) in [5, 5.41) is 13.3. The van der Waals surface area contributed by atoms with Crippen molar-refractivity contribution in [3.63, 3.8) is 0 Å². The molecule has 0 saturated heterocycles. The van der Waals surface area contributed by atoms with Crippen LogP contribution >= 0.6 is 11.6 Å². The van der Waals surface area contributed by atoms with Gasteiger partial charge in [-0.3, -0.25) is 19.6 Å². The zero-order valence-electron chi connectivity index (χ0n) is 16.3. The van der Waals surface area contributed by atoms with Gasteiger partial charge in [-0.25, -0.2) is 12.8 Å². The standard InChI is InChI=1S/C20H15ClFN3O6S/c1-31-19-9-5-14(25(27)28)11-18(19)24-32(29,30)15-6-2-12(3-7-15)20(26)23-13-4-8-17(22)16(21)10-13/h2-11,24H,1H3,(H,23,26). The minimum absolute atomic E-state index is 0.0909. The molecule has 2 N–H and O–H groups in total. The number of hydrogen-bond acceptors (Lipinski definition) is 6. The number of anilines is 2. The number of non-ortho nitro benzene ring substituents is 1. The number of carbonyl (C=O) groups excluding carboxylic acids is 1. The molecule has 0 bridgehead atoms. The number of nitro benzene ring substituents is 1. The molecule has 166 valence electrons. The van der Waals surface area contributed by atoms with Crippen LogP contribution in [0.25, 0.3) is 0 Å². The summed E-state index contributed by atoms with van der Waals surface area (Å²) in [6.45, 7) is 0. The third kappa shape index (κ3) is 5.13. The minimum atomic E-state index is -4.14. The number of carbonyl (C=O) groups is 1. The van der Waals surface area contributed by atoms with Gasteiger partial charge in [0.1, 0.15) is 11.6 Å². The topological polar surface area (TPSA) is 128 Å². The Hall–Kier alpha value is -3.70. The maximum atomic E-state index is 13.2. The van der Waals surface area contributed by atoms with Crippen molar-refractivity contribution in [3.8, 4) is 5.75 Å². The maximum absolute atomic E-state index is 13.2. The van der Waals surface area contributed by atoms with E-state index in [1.807, 2.05) is 0 Å². The summed E-state index contributed by atoms with van der Waals surface area (Å²) in [7, 11) is -2.85. The summed E-state index contributed by atoms with van der Waals surface area (Å²) in [4.78, 5) is 22.5. The maximum Gasteiger partial charge on any atom is 0.271 e. The van der Waals surface area contributed by atoms with E-state index in [-0.39, 0.29) is 38.3 Å². The summed E-state index contributed by atoms with van der Waals surface area (Å²) < 4.78 is 45.9. The van der Waals surface area contributed by atoms with Crippen molar-refractivity contribution in [2.45, 2.75) is 4.90 Å². The molecule has 9 nitrogen and oxygen atoms in total. The predicted octanol–water partition coefficient (Wildman–Crippen LogP) is 4.45. The molecule has 32 heavy (non-hydrogen) atoms. The molecule has 0 spiro atoms. The first kappa shape index (κ1) is 23.0. The number of hydrogen-bond donors (Lipinski definition) is 2. The zero-order chi connectivity index (χ0) is 23.5. The van der Waals surface area contributed by atoms with Crippen molar-refractivity contribution in [1.29, 1.82) is 0 Å². The summed E-state index contributed by atoms with van der Waals surface area (Å²) in [6.07, 6.45) is 0. The second-order valence-electron chi connectivity index (χ2n) is 6.35. The molecule has 0 unspecified atom stereocenters. The van der Waals surface area contributed by atoms with E-state index < -0.39 is 26.7 Å². The van der Waals surface area contributed by atoms with Gasteiger partial charge in [0.05, 0.1) is 27.6 Å². The molecule has 0 aromatic heterocycles. The highest BCUT2D eigenvalue weighted by Gasteiger charge is 2.20. The molecule has 12 heteroatoms. The van der Waals surface area contributed by atoms with Crippen molar-refractivity contribution in [3.05, 3.63) is 87.2 Å². The number of ether oxygens (including phenoxy) is 1. The highest BCUT2D eigenvalue weighted by Crippen LogP contribution is 2.31. The Morgan fingerprint density at radius 3 is 2.38 bits per heavy atom. The Morgan fingerprint density at radius 2 is 1.78 bits per heavy atom. The molecule has 0 fully saturated rings. The molecular formula is C20H15ClFN3O6S. The van der Waals surface area contributed by atoms with Crippen molar-refractivity contribution in [2.24, 2.45) is 0 Å². The molecule has 0 aliphatic carbocycles. The lowest BCUT2D eigenvalue weighted by atomic mass is 10.2. The highest BCUT2D eigenvalue weighted by molar-refractivity contribution is 7.92. The number of benzene rings is 3. The van der Waals surface area contributed by atoms with E-state index in [1.54, 1.807) is 0 Å². The highest BCUT2D eigenvalue weighted by atomic mass is 35.5. The normalized spacial score (nSPS) is 11.0. The molecule has 0 atom stereocenters. The van der Waals surface area contributed by atoms with Gasteiger partial charge in [0, 0.05) is 23.4 Å². The van der Waals surface area contributed by atoms with E-state index in [0.29, 0.717) is 0 Å². The van der Waals surface area contributed by atoms with Crippen LogP contribution in [0, 0.1) is 15.9 Å². The molecule has 0 aliphatic rings. The van der Waals surface area contributed by atoms with Crippen LogP contribution in [-0.4, -0.2) is 26.4 Å². The van der Waals surface area contributed by atoms with Crippen LogP contribution in [0.4, 0.5) is 21.5 Å². The molecule has 1 amide bonds. The molecule has 0 aliphatic heterocycles.